The molecule has 16 heavy (non-hydrogen) atoms. The highest BCUT2D eigenvalue weighted by molar-refractivity contribution is 5.17. The molecule has 86 valence electrons. The van der Waals surface area contributed by atoms with Crippen LogP contribution in [0.3, 0.4) is 0 Å². The number of hydrogen-bond donors (Lipinski definition) is 1. The summed E-state index contributed by atoms with van der Waals surface area (Å²) < 4.78 is 0. The van der Waals surface area contributed by atoms with E-state index in [1.807, 2.05) is 6.07 Å². The van der Waals surface area contributed by atoms with Gasteiger partial charge in [0.25, 0.3) is 0 Å². The zero-order chi connectivity index (χ0) is 11.0. The standard InChI is InChI=1S/C14H19NO/c16-9-13(8-12-4-2-1-3-5-12)15-10-14(11-15)6-7-14/h1-5,13,16H,6-11H2/t13-/m0/s1. The molecule has 1 spiro atoms. The van der Waals surface area contributed by atoms with Crippen molar-refractivity contribution < 1.29 is 5.11 Å². The first-order valence-electron chi connectivity index (χ1n) is 6.20. The predicted molar refractivity (Wildman–Crippen MR) is 64.3 cm³/mol. The molecule has 1 aromatic rings. The fraction of sp³-hybridized carbons (Fsp3) is 0.571. The Kier molecular flexibility index (Phi) is 2.49. The third-order valence-electron chi connectivity index (χ3n) is 4.08. The van der Waals surface area contributed by atoms with Crippen LogP contribution in [0, 0.1) is 5.41 Å². The number of benzene rings is 1. The molecule has 2 aliphatic rings. The van der Waals surface area contributed by atoms with Gasteiger partial charge >= 0.3 is 0 Å². The second kappa shape index (κ2) is 3.86. The maximum Gasteiger partial charge on any atom is 0.0590 e. The monoisotopic (exact) mass is 217 g/mol. The van der Waals surface area contributed by atoms with Crippen LogP contribution in [0.25, 0.3) is 0 Å². The molecule has 1 atom stereocenters. The fourth-order valence-corrected chi connectivity index (χ4v) is 2.76. The minimum absolute atomic E-state index is 0.283. The Bertz CT molecular complexity index is 350. The van der Waals surface area contributed by atoms with E-state index in [1.54, 1.807) is 0 Å². The topological polar surface area (TPSA) is 23.5 Å². The molecule has 1 saturated heterocycles. The van der Waals surface area contributed by atoms with E-state index in [4.69, 9.17) is 0 Å². The molecule has 1 saturated carbocycles. The number of rotatable bonds is 4. The Morgan fingerprint density at radius 3 is 2.44 bits per heavy atom. The zero-order valence-corrected chi connectivity index (χ0v) is 9.60. The van der Waals surface area contributed by atoms with Gasteiger partial charge in [0.2, 0.25) is 0 Å². The Morgan fingerprint density at radius 2 is 1.88 bits per heavy atom. The molecular formula is C14H19NO. The van der Waals surface area contributed by atoms with Gasteiger partial charge in [-0.25, -0.2) is 0 Å². The summed E-state index contributed by atoms with van der Waals surface area (Å²) in [7, 11) is 0. The molecule has 0 bridgehead atoms. The van der Waals surface area contributed by atoms with Crippen molar-refractivity contribution in [1.29, 1.82) is 0 Å². The molecule has 1 aliphatic carbocycles. The largest absolute Gasteiger partial charge is 0.395 e. The van der Waals surface area contributed by atoms with Gasteiger partial charge < -0.3 is 5.11 Å². The van der Waals surface area contributed by atoms with Crippen LogP contribution in [0.5, 0.6) is 0 Å². The van der Waals surface area contributed by atoms with E-state index in [1.165, 1.54) is 31.5 Å². The van der Waals surface area contributed by atoms with E-state index in [0.29, 0.717) is 11.5 Å². The van der Waals surface area contributed by atoms with Crippen LogP contribution in [0.4, 0.5) is 0 Å². The SMILES string of the molecule is OC[C@H](Cc1ccccc1)N1CC2(CC2)C1. The average molecular weight is 217 g/mol. The first-order chi connectivity index (χ1) is 7.81. The Labute approximate surface area is 96.9 Å². The van der Waals surface area contributed by atoms with Crippen molar-refractivity contribution in [1.82, 2.24) is 4.90 Å². The Hall–Kier alpha value is -0.860. The van der Waals surface area contributed by atoms with Crippen molar-refractivity contribution in [3.05, 3.63) is 35.9 Å². The Morgan fingerprint density at radius 1 is 1.19 bits per heavy atom. The van der Waals surface area contributed by atoms with Gasteiger partial charge in [0, 0.05) is 19.1 Å². The summed E-state index contributed by atoms with van der Waals surface area (Å²) in [4.78, 5) is 2.44. The normalized spacial score (nSPS) is 24.1. The maximum absolute atomic E-state index is 9.47. The van der Waals surface area contributed by atoms with Gasteiger partial charge in [-0.1, -0.05) is 30.3 Å². The van der Waals surface area contributed by atoms with E-state index in [2.05, 4.69) is 29.2 Å². The van der Waals surface area contributed by atoms with Gasteiger partial charge in [0.05, 0.1) is 6.61 Å². The Balaban J connectivity index is 1.59. The highest BCUT2D eigenvalue weighted by Crippen LogP contribution is 2.53. The van der Waals surface area contributed by atoms with Crippen molar-refractivity contribution in [3.8, 4) is 0 Å². The average Bonchev–Trinajstić information content (AvgIpc) is 3.06. The molecule has 3 rings (SSSR count). The minimum Gasteiger partial charge on any atom is -0.395 e. The van der Waals surface area contributed by atoms with Gasteiger partial charge in [0.1, 0.15) is 0 Å². The lowest BCUT2D eigenvalue weighted by Crippen LogP contribution is -2.55. The maximum atomic E-state index is 9.47. The van der Waals surface area contributed by atoms with Crippen molar-refractivity contribution >= 4 is 0 Å². The van der Waals surface area contributed by atoms with Crippen LogP contribution in [0.1, 0.15) is 18.4 Å². The van der Waals surface area contributed by atoms with Crippen LogP contribution in [0.2, 0.25) is 0 Å². The van der Waals surface area contributed by atoms with E-state index in [0.717, 1.165) is 6.42 Å². The van der Waals surface area contributed by atoms with E-state index in [9.17, 15) is 5.11 Å². The third-order valence-corrected chi connectivity index (χ3v) is 4.08. The predicted octanol–water partition coefficient (Wildman–Crippen LogP) is 1.69. The summed E-state index contributed by atoms with van der Waals surface area (Å²) in [5.41, 5.74) is 2.02. The molecule has 1 N–H and O–H groups in total. The van der Waals surface area contributed by atoms with Crippen LogP contribution in [-0.2, 0) is 6.42 Å². The van der Waals surface area contributed by atoms with Gasteiger partial charge in [-0.15, -0.1) is 0 Å². The number of aliphatic hydroxyl groups excluding tert-OH is 1. The molecular weight excluding hydrogens is 198 g/mol. The van der Waals surface area contributed by atoms with Crippen molar-refractivity contribution in [3.63, 3.8) is 0 Å². The summed E-state index contributed by atoms with van der Waals surface area (Å²) in [5.74, 6) is 0. The fourth-order valence-electron chi connectivity index (χ4n) is 2.76. The quantitative estimate of drug-likeness (QED) is 0.829. The molecule has 1 aliphatic heterocycles. The van der Waals surface area contributed by atoms with Gasteiger partial charge in [-0.3, -0.25) is 4.90 Å². The molecule has 0 unspecified atom stereocenters. The van der Waals surface area contributed by atoms with E-state index < -0.39 is 0 Å². The molecule has 2 heteroatoms. The van der Waals surface area contributed by atoms with Crippen molar-refractivity contribution in [2.24, 2.45) is 5.41 Å². The number of aliphatic hydroxyl groups is 1. The molecule has 0 radical (unpaired) electrons. The number of likely N-dealkylation sites (tertiary alicyclic amines) is 1. The first kappa shape index (κ1) is 10.3. The van der Waals surface area contributed by atoms with Gasteiger partial charge in [-0.2, -0.15) is 0 Å². The zero-order valence-electron chi connectivity index (χ0n) is 9.60. The molecule has 0 aromatic heterocycles. The third kappa shape index (κ3) is 1.87. The van der Waals surface area contributed by atoms with Crippen LogP contribution in [0.15, 0.2) is 30.3 Å². The van der Waals surface area contributed by atoms with Crippen LogP contribution in [-0.4, -0.2) is 35.7 Å². The first-order valence-corrected chi connectivity index (χ1v) is 6.20. The summed E-state index contributed by atoms with van der Waals surface area (Å²) >= 11 is 0. The second-order valence-electron chi connectivity index (χ2n) is 5.43. The molecule has 2 fully saturated rings. The van der Waals surface area contributed by atoms with Crippen LogP contribution >= 0.6 is 0 Å². The molecule has 1 heterocycles. The summed E-state index contributed by atoms with van der Waals surface area (Å²) in [6.07, 6.45) is 3.80. The lowest BCUT2D eigenvalue weighted by atomic mass is 9.92. The van der Waals surface area contributed by atoms with E-state index >= 15 is 0 Å². The number of nitrogens with zero attached hydrogens (tertiary/aromatic N) is 1. The number of hydrogen-bond acceptors (Lipinski definition) is 2. The van der Waals surface area contributed by atoms with Crippen molar-refractivity contribution in [2.75, 3.05) is 19.7 Å². The van der Waals surface area contributed by atoms with Gasteiger partial charge in [0.15, 0.2) is 0 Å². The minimum atomic E-state index is 0.283. The van der Waals surface area contributed by atoms with Gasteiger partial charge in [-0.05, 0) is 30.2 Å². The summed E-state index contributed by atoms with van der Waals surface area (Å²) in [5, 5.41) is 9.47. The lowest BCUT2D eigenvalue weighted by Gasteiger charge is -2.44. The molecule has 1 aromatic carbocycles. The van der Waals surface area contributed by atoms with E-state index in [-0.39, 0.29) is 6.61 Å². The molecule has 0 amide bonds. The van der Waals surface area contributed by atoms with Crippen molar-refractivity contribution in [2.45, 2.75) is 25.3 Å². The van der Waals surface area contributed by atoms with Crippen LogP contribution < -0.4 is 0 Å². The highest BCUT2D eigenvalue weighted by Gasteiger charge is 2.53. The lowest BCUT2D eigenvalue weighted by molar-refractivity contribution is 0.0110. The smallest absolute Gasteiger partial charge is 0.0590 e. The molecule has 2 nitrogen and oxygen atoms in total. The second-order valence-corrected chi connectivity index (χ2v) is 5.43. The summed E-state index contributed by atoms with van der Waals surface area (Å²) in [6, 6.07) is 10.8. The summed E-state index contributed by atoms with van der Waals surface area (Å²) in [6.45, 7) is 2.71. The highest BCUT2D eigenvalue weighted by atomic mass is 16.3.